The number of ether oxygens (including phenoxy) is 1. The summed E-state index contributed by atoms with van der Waals surface area (Å²) >= 11 is 1.51. The van der Waals surface area contributed by atoms with Crippen molar-refractivity contribution in [1.82, 2.24) is 20.1 Å². The second-order valence-corrected chi connectivity index (χ2v) is 10.5. The molecule has 4 aromatic rings. The summed E-state index contributed by atoms with van der Waals surface area (Å²) in [5, 5.41) is 8.46. The van der Waals surface area contributed by atoms with Crippen molar-refractivity contribution in [3.63, 3.8) is 0 Å². The number of benzene rings is 2. The van der Waals surface area contributed by atoms with Crippen molar-refractivity contribution in [2.45, 2.75) is 49.1 Å². The van der Waals surface area contributed by atoms with Crippen molar-refractivity contribution in [2.24, 2.45) is 0 Å². The minimum atomic E-state index is -0.540. The molecule has 190 valence electrons. The lowest BCUT2D eigenvalue weighted by atomic mass is 10.2. The summed E-state index contributed by atoms with van der Waals surface area (Å²) in [4.78, 5) is 30.9. The Balaban J connectivity index is 1.68. The number of amides is 1. The van der Waals surface area contributed by atoms with E-state index in [9.17, 15) is 9.59 Å². The molecule has 8 heteroatoms. The summed E-state index contributed by atoms with van der Waals surface area (Å²) in [5.41, 5.74) is 2.59. The van der Waals surface area contributed by atoms with Gasteiger partial charge in [-0.25, -0.2) is 0 Å². The molecule has 0 aliphatic heterocycles. The number of carbonyl (C=O) groups is 2. The first-order valence-corrected chi connectivity index (χ1v) is 12.9. The van der Waals surface area contributed by atoms with Crippen LogP contribution in [0.25, 0.3) is 23.1 Å². The number of nitrogens with zero attached hydrogens (tertiary/aromatic N) is 3. The fourth-order valence-electron chi connectivity index (χ4n) is 3.77. The van der Waals surface area contributed by atoms with Crippen molar-refractivity contribution >= 4 is 46.7 Å². The fraction of sp³-hybridized carbons (Fsp3) is 0.241. The molecule has 0 saturated carbocycles. The number of pyridine rings is 1. The maximum absolute atomic E-state index is 12.4. The van der Waals surface area contributed by atoms with Gasteiger partial charge in [0.25, 0.3) is 5.91 Å². The normalized spacial score (nSPS) is 11.7. The van der Waals surface area contributed by atoms with Gasteiger partial charge < -0.3 is 10.1 Å². The number of esters is 1. The average Bonchev–Trinajstić information content (AvgIpc) is 3.22. The van der Waals surface area contributed by atoms with Gasteiger partial charge in [-0.15, -0.1) is 0 Å². The van der Waals surface area contributed by atoms with E-state index >= 15 is 0 Å². The number of hydrogen-bond donors (Lipinski definition) is 1. The van der Waals surface area contributed by atoms with E-state index in [1.54, 1.807) is 13.2 Å². The molecule has 0 spiro atoms. The molecular weight excluding hydrogens is 484 g/mol. The zero-order valence-corrected chi connectivity index (χ0v) is 22.2. The number of fused-ring (bicyclic) bond motifs is 1. The predicted octanol–water partition coefficient (Wildman–Crippen LogP) is 5.84. The number of rotatable bonds is 8. The fourth-order valence-corrected chi connectivity index (χ4v) is 4.75. The van der Waals surface area contributed by atoms with Crippen LogP contribution in [0.4, 0.5) is 0 Å². The zero-order valence-electron chi connectivity index (χ0n) is 21.4. The van der Waals surface area contributed by atoms with E-state index in [1.165, 1.54) is 11.8 Å². The van der Waals surface area contributed by atoms with Crippen LogP contribution in [0.15, 0.2) is 76.7 Å². The summed E-state index contributed by atoms with van der Waals surface area (Å²) in [6.07, 6.45) is 5.80. The second-order valence-electron chi connectivity index (χ2n) is 9.39. The van der Waals surface area contributed by atoms with Crippen molar-refractivity contribution in [3.8, 4) is 0 Å². The van der Waals surface area contributed by atoms with Gasteiger partial charge in [-0.2, -0.15) is 5.10 Å². The maximum Gasteiger partial charge on any atom is 0.308 e. The molecule has 7 nitrogen and oxygen atoms in total. The Kier molecular flexibility index (Phi) is 8.08. The van der Waals surface area contributed by atoms with Gasteiger partial charge in [-0.05, 0) is 75.4 Å². The molecule has 37 heavy (non-hydrogen) atoms. The van der Waals surface area contributed by atoms with Gasteiger partial charge in [-0.1, -0.05) is 30.0 Å². The Morgan fingerprint density at radius 1 is 1.05 bits per heavy atom. The van der Waals surface area contributed by atoms with Gasteiger partial charge in [0.2, 0.25) is 0 Å². The van der Waals surface area contributed by atoms with Gasteiger partial charge in [-0.3, -0.25) is 19.3 Å². The molecule has 0 saturated heterocycles. The first-order valence-electron chi connectivity index (χ1n) is 12.0. The molecule has 0 aliphatic rings. The Morgan fingerprint density at radius 3 is 2.57 bits per heavy atom. The lowest BCUT2D eigenvalue weighted by Gasteiger charge is -2.19. The van der Waals surface area contributed by atoms with Crippen LogP contribution in [-0.4, -0.2) is 39.3 Å². The standard InChI is InChI=1S/C29H30N4O3S/c1-29(2,3)36-27(34)16-18-33-25-19-21(37-26-11-6-5-10-23(26)28(35)30-4)13-14-22(25)24(32-33)15-12-20-9-7-8-17-31-20/h5-15,17,19H,16,18H2,1-4H3,(H,30,35)/b15-12+. The molecule has 2 aromatic heterocycles. The molecular formula is C29H30N4O3S. The van der Waals surface area contributed by atoms with Crippen LogP contribution in [0.3, 0.4) is 0 Å². The molecule has 0 fully saturated rings. The highest BCUT2D eigenvalue weighted by Gasteiger charge is 2.18. The molecule has 0 unspecified atom stereocenters. The van der Waals surface area contributed by atoms with Gasteiger partial charge in [0, 0.05) is 28.4 Å². The Bertz CT molecular complexity index is 1440. The lowest BCUT2D eigenvalue weighted by Crippen LogP contribution is -2.24. The Hall–Kier alpha value is -3.91. The molecule has 2 aromatic carbocycles. The Labute approximate surface area is 220 Å². The first-order chi connectivity index (χ1) is 17.7. The minimum absolute atomic E-state index is 0.131. The van der Waals surface area contributed by atoms with Crippen LogP contribution >= 0.6 is 11.8 Å². The monoisotopic (exact) mass is 514 g/mol. The average molecular weight is 515 g/mol. The van der Waals surface area contributed by atoms with Gasteiger partial charge >= 0.3 is 5.97 Å². The first kappa shape index (κ1) is 26.2. The van der Waals surface area contributed by atoms with Crippen molar-refractivity contribution in [1.29, 1.82) is 0 Å². The zero-order chi connectivity index (χ0) is 26.4. The molecule has 1 N–H and O–H groups in total. The van der Waals surface area contributed by atoms with E-state index in [1.807, 2.05) is 98.3 Å². The number of carbonyl (C=O) groups excluding carboxylic acids is 2. The molecule has 2 heterocycles. The van der Waals surface area contributed by atoms with Gasteiger partial charge in [0.1, 0.15) is 5.60 Å². The van der Waals surface area contributed by atoms with Crippen LogP contribution in [0.5, 0.6) is 0 Å². The van der Waals surface area contributed by atoms with Crippen LogP contribution < -0.4 is 5.32 Å². The smallest absolute Gasteiger partial charge is 0.308 e. The number of nitrogens with one attached hydrogen (secondary N) is 1. The molecule has 0 radical (unpaired) electrons. The molecule has 4 rings (SSSR count). The quantitative estimate of drug-likeness (QED) is 0.297. The van der Waals surface area contributed by atoms with Gasteiger partial charge in [0.15, 0.2) is 0 Å². The third-order valence-corrected chi connectivity index (χ3v) is 6.45. The van der Waals surface area contributed by atoms with Crippen molar-refractivity contribution in [2.75, 3.05) is 7.05 Å². The second kappa shape index (κ2) is 11.4. The number of aromatic nitrogens is 3. The highest BCUT2D eigenvalue weighted by atomic mass is 32.2. The highest BCUT2D eigenvalue weighted by Crippen LogP contribution is 2.33. The maximum atomic E-state index is 12.4. The van der Waals surface area contributed by atoms with E-state index < -0.39 is 5.60 Å². The van der Waals surface area contributed by atoms with Crippen LogP contribution in [0.2, 0.25) is 0 Å². The largest absolute Gasteiger partial charge is 0.460 e. The SMILES string of the molecule is CNC(=O)c1ccccc1Sc1ccc2c(/C=C/c3ccccn3)nn(CCC(=O)OC(C)(C)C)c2c1. The minimum Gasteiger partial charge on any atom is -0.460 e. The molecule has 0 aliphatic carbocycles. The van der Waals surface area contributed by atoms with Crippen molar-refractivity contribution in [3.05, 3.63) is 83.8 Å². The Morgan fingerprint density at radius 2 is 1.84 bits per heavy atom. The summed E-state index contributed by atoms with van der Waals surface area (Å²) in [7, 11) is 1.62. The van der Waals surface area contributed by atoms with Gasteiger partial charge in [0.05, 0.1) is 35.4 Å². The summed E-state index contributed by atoms with van der Waals surface area (Å²) < 4.78 is 7.33. The highest BCUT2D eigenvalue weighted by molar-refractivity contribution is 7.99. The molecule has 0 atom stereocenters. The summed E-state index contributed by atoms with van der Waals surface area (Å²) in [6, 6.07) is 19.3. The van der Waals surface area contributed by atoms with E-state index in [4.69, 9.17) is 9.84 Å². The van der Waals surface area contributed by atoms with E-state index in [-0.39, 0.29) is 18.3 Å². The summed E-state index contributed by atoms with van der Waals surface area (Å²) in [6.45, 7) is 5.95. The third kappa shape index (κ3) is 6.86. The topological polar surface area (TPSA) is 86.1 Å². The van der Waals surface area contributed by atoms with E-state index in [0.717, 1.165) is 32.1 Å². The van der Waals surface area contributed by atoms with E-state index in [0.29, 0.717) is 12.1 Å². The lowest BCUT2D eigenvalue weighted by molar-refractivity contribution is -0.155. The third-order valence-electron chi connectivity index (χ3n) is 5.39. The van der Waals surface area contributed by atoms with Crippen LogP contribution in [0, 0.1) is 0 Å². The molecule has 0 bridgehead atoms. The van der Waals surface area contributed by atoms with E-state index in [2.05, 4.69) is 10.3 Å². The van der Waals surface area contributed by atoms with Crippen LogP contribution in [0.1, 0.15) is 48.9 Å². The van der Waals surface area contributed by atoms with Crippen molar-refractivity contribution < 1.29 is 14.3 Å². The molecule has 1 amide bonds. The number of hydrogen-bond acceptors (Lipinski definition) is 6. The van der Waals surface area contributed by atoms with Crippen LogP contribution in [-0.2, 0) is 16.1 Å². The number of aryl methyl sites for hydroxylation is 1. The summed E-state index contributed by atoms with van der Waals surface area (Å²) in [5.74, 6) is -0.403. The predicted molar refractivity (Wildman–Crippen MR) is 147 cm³/mol.